The normalized spacial score (nSPS) is 15.6. The largest absolute Gasteiger partial charge is 0.367 e. The van der Waals surface area contributed by atoms with E-state index in [0.717, 1.165) is 28.7 Å². The van der Waals surface area contributed by atoms with Crippen LogP contribution in [0.5, 0.6) is 0 Å². The number of urea groups is 1. The van der Waals surface area contributed by atoms with Crippen molar-refractivity contribution in [3.8, 4) is 0 Å². The standard InChI is InChI=1S/C18H21ClN4O2S/c19-13-4-1-2-5-15(13)22-7-9-23(10-8-22)17(24)12-14(21-18(20)25)16-6-3-11-26-16/h1-6,11,14H,7-10,12H2,(H3,20,21,25). The lowest BCUT2D eigenvalue weighted by molar-refractivity contribution is -0.132. The Morgan fingerprint density at radius 2 is 1.88 bits per heavy atom. The smallest absolute Gasteiger partial charge is 0.312 e. The molecule has 0 bridgehead atoms. The predicted octanol–water partition coefficient (Wildman–Crippen LogP) is 2.85. The van der Waals surface area contributed by atoms with Crippen molar-refractivity contribution in [1.29, 1.82) is 0 Å². The fourth-order valence-corrected chi connectivity index (χ4v) is 4.13. The van der Waals surface area contributed by atoms with Crippen LogP contribution in [0.15, 0.2) is 41.8 Å². The highest BCUT2D eigenvalue weighted by molar-refractivity contribution is 7.10. The average molecular weight is 393 g/mol. The molecule has 1 saturated heterocycles. The maximum Gasteiger partial charge on any atom is 0.312 e. The van der Waals surface area contributed by atoms with Crippen molar-refractivity contribution in [1.82, 2.24) is 10.2 Å². The fraction of sp³-hybridized carbons (Fsp3) is 0.333. The summed E-state index contributed by atoms with van der Waals surface area (Å²) in [5.74, 6) is 0.0101. The summed E-state index contributed by atoms with van der Waals surface area (Å²) in [6.07, 6.45) is 0.204. The number of carbonyl (C=O) groups is 2. The molecule has 26 heavy (non-hydrogen) atoms. The summed E-state index contributed by atoms with van der Waals surface area (Å²) in [5, 5.41) is 5.30. The van der Waals surface area contributed by atoms with E-state index in [0.29, 0.717) is 13.1 Å². The second-order valence-corrected chi connectivity index (χ2v) is 7.49. The molecule has 1 aromatic carbocycles. The predicted molar refractivity (Wildman–Crippen MR) is 105 cm³/mol. The van der Waals surface area contributed by atoms with Crippen LogP contribution in [0.2, 0.25) is 5.02 Å². The number of amides is 3. The average Bonchev–Trinajstić information content (AvgIpc) is 3.16. The van der Waals surface area contributed by atoms with Gasteiger partial charge in [0.2, 0.25) is 5.91 Å². The maximum atomic E-state index is 12.7. The molecule has 1 aliphatic rings. The lowest BCUT2D eigenvalue weighted by Crippen LogP contribution is -2.49. The third-order valence-corrected chi connectivity index (χ3v) is 5.71. The van der Waals surface area contributed by atoms with Crippen LogP contribution >= 0.6 is 22.9 Å². The van der Waals surface area contributed by atoms with E-state index in [1.54, 1.807) is 0 Å². The van der Waals surface area contributed by atoms with Gasteiger partial charge in [-0.1, -0.05) is 29.8 Å². The molecular weight excluding hydrogens is 372 g/mol. The molecule has 1 aliphatic heterocycles. The van der Waals surface area contributed by atoms with Gasteiger partial charge in [0.05, 0.1) is 23.2 Å². The van der Waals surface area contributed by atoms with Gasteiger partial charge in [-0.2, -0.15) is 0 Å². The van der Waals surface area contributed by atoms with Crippen LogP contribution in [0.25, 0.3) is 0 Å². The van der Waals surface area contributed by atoms with Gasteiger partial charge in [-0.3, -0.25) is 4.79 Å². The molecule has 1 unspecified atom stereocenters. The first-order chi connectivity index (χ1) is 12.5. The zero-order chi connectivity index (χ0) is 18.5. The van der Waals surface area contributed by atoms with E-state index in [1.165, 1.54) is 11.3 Å². The minimum absolute atomic E-state index is 0.0101. The molecule has 138 valence electrons. The third-order valence-electron chi connectivity index (χ3n) is 4.41. The number of nitrogens with two attached hydrogens (primary N) is 1. The first-order valence-corrected chi connectivity index (χ1v) is 9.67. The highest BCUT2D eigenvalue weighted by Gasteiger charge is 2.26. The first kappa shape index (κ1) is 18.5. The number of halogens is 1. The Kier molecular flexibility index (Phi) is 6.00. The lowest BCUT2D eigenvalue weighted by atomic mass is 10.1. The fourth-order valence-electron chi connectivity index (χ4n) is 3.09. The number of anilines is 1. The van der Waals surface area contributed by atoms with Crippen LogP contribution < -0.4 is 16.0 Å². The van der Waals surface area contributed by atoms with Crippen LogP contribution in [0, 0.1) is 0 Å². The first-order valence-electron chi connectivity index (χ1n) is 8.41. The van der Waals surface area contributed by atoms with E-state index >= 15 is 0 Å². The van der Waals surface area contributed by atoms with Crippen LogP contribution in [-0.4, -0.2) is 43.0 Å². The number of thiophene rings is 1. The van der Waals surface area contributed by atoms with Gasteiger partial charge >= 0.3 is 6.03 Å². The molecule has 1 fully saturated rings. The summed E-state index contributed by atoms with van der Waals surface area (Å²) in [6.45, 7) is 2.69. The van der Waals surface area contributed by atoms with Crippen molar-refractivity contribution >= 4 is 40.6 Å². The molecule has 3 amide bonds. The van der Waals surface area contributed by atoms with Gasteiger partial charge in [-0.25, -0.2) is 4.79 Å². The second-order valence-electron chi connectivity index (χ2n) is 6.10. The number of carbonyl (C=O) groups excluding carboxylic acids is 2. The van der Waals surface area contributed by atoms with E-state index < -0.39 is 6.03 Å². The van der Waals surface area contributed by atoms with Crippen LogP contribution in [0.4, 0.5) is 10.5 Å². The number of nitrogens with one attached hydrogen (secondary N) is 1. The summed E-state index contributed by atoms with van der Waals surface area (Å²) in [7, 11) is 0. The monoisotopic (exact) mass is 392 g/mol. The van der Waals surface area contributed by atoms with Crippen LogP contribution in [0.1, 0.15) is 17.3 Å². The Hall–Kier alpha value is -2.25. The molecule has 6 nitrogen and oxygen atoms in total. The van der Waals surface area contributed by atoms with Crippen molar-refractivity contribution < 1.29 is 9.59 Å². The molecule has 8 heteroatoms. The minimum Gasteiger partial charge on any atom is -0.367 e. The Balaban J connectivity index is 1.59. The Labute approximate surface area is 161 Å². The van der Waals surface area contributed by atoms with Gasteiger partial charge < -0.3 is 20.9 Å². The molecular formula is C18H21ClN4O2S. The van der Waals surface area contributed by atoms with E-state index in [2.05, 4.69) is 10.2 Å². The molecule has 1 atom stereocenters. The van der Waals surface area contributed by atoms with Gasteiger partial charge in [-0.05, 0) is 23.6 Å². The summed E-state index contributed by atoms with van der Waals surface area (Å²) in [5.41, 5.74) is 6.25. The van der Waals surface area contributed by atoms with E-state index in [9.17, 15) is 9.59 Å². The molecule has 2 aromatic rings. The van der Waals surface area contributed by atoms with Gasteiger partial charge in [0, 0.05) is 31.1 Å². The van der Waals surface area contributed by atoms with Crippen molar-refractivity contribution in [2.45, 2.75) is 12.5 Å². The highest BCUT2D eigenvalue weighted by atomic mass is 35.5. The summed E-state index contributed by atoms with van der Waals surface area (Å²) < 4.78 is 0. The zero-order valence-corrected chi connectivity index (χ0v) is 15.8. The topological polar surface area (TPSA) is 78.7 Å². The lowest BCUT2D eigenvalue weighted by Gasteiger charge is -2.37. The molecule has 2 heterocycles. The van der Waals surface area contributed by atoms with Crippen molar-refractivity contribution in [3.63, 3.8) is 0 Å². The van der Waals surface area contributed by atoms with E-state index in [4.69, 9.17) is 17.3 Å². The van der Waals surface area contributed by atoms with Crippen molar-refractivity contribution in [3.05, 3.63) is 51.7 Å². The number of benzene rings is 1. The SMILES string of the molecule is NC(=O)NC(CC(=O)N1CCN(c2ccccc2Cl)CC1)c1cccs1. The van der Waals surface area contributed by atoms with Crippen LogP contribution in [0.3, 0.4) is 0 Å². The summed E-state index contributed by atoms with van der Waals surface area (Å²) in [4.78, 5) is 28.9. The van der Waals surface area contributed by atoms with Gasteiger partial charge in [0.25, 0.3) is 0 Å². The summed E-state index contributed by atoms with van der Waals surface area (Å²) in [6, 6.07) is 10.5. The third kappa shape index (κ3) is 4.47. The highest BCUT2D eigenvalue weighted by Crippen LogP contribution is 2.27. The molecule has 0 radical (unpaired) electrons. The molecule has 0 aliphatic carbocycles. The van der Waals surface area contributed by atoms with Gasteiger partial charge in [0.1, 0.15) is 0 Å². The number of para-hydroxylation sites is 1. The van der Waals surface area contributed by atoms with E-state index in [1.807, 2.05) is 46.7 Å². The quantitative estimate of drug-likeness (QED) is 0.821. The van der Waals surface area contributed by atoms with Gasteiger partial charge in [-0.15, -0.1) is 11.3 Å². The number of hydrogen-bond acceptors (Lipinski definition) is 4. The number of piperazine rings is 1. The number of rotatable bonds is 5. The molecule has 3 N–H and O–H groups in total. The number of hydrogen-bond donors (Lipinski definition) is 2. The second kappa shape index (κ2) is 8.42. The van der Waals surface area contributed by atoms with Crippen molar-refractivity contribution in [2.24, 2.45) is 5.73 Å². The number of nitrogens with zero attached hydrogens (tertiary/aromatic N) is 2. The van der Waals surface area contributed by atoms with Gasteiger partial charge in [0.15, 0.2) is 0 Å². The van der Waals surface area contributed by atoms with Crippen molar-refractivity contribution in [2.75, 3.05) is 31.1 Å². The number of primary amides is 1. The molecule has 0 spiro atoms. The molecule has 3 rings (SSSR count). The Bertz CT molecular complexity index is 760. The Morgan fingerprint density at radius 3 is 2.50 bits per heavy atom. The maximum absolute atomic E-state index is 12.7. The molecule has 1 aromatic heterocycles. The zero-order valence-electron chi connectivity index (χ0n) is 14.2. The Morgan fingerprint density at radius 1 is 1.15 bits per heavy atom. The van der Waals surface area contributed by atoms with Crippen LogP contribution in [-0.2, 0) is 4.79 Å². The van der Waals surface area contributed by atoms with E-state index in [-0.39, 0.29) is 18.4 Å². The minimum atomic E-state index is -0.625. The summed E-state index contributed by atoms with van der Waals surface area (Å²) >= 11 is 7.75. The molecule has 0 saturated carbocycles.